The van der Waals surface area contributed by atoms with E-state index in [1.54, 1.807) is 17.5 Å². The first-order chi connectivity index (χ1) is 12.2. The number of nitrogen functional groups attached to an aromatic ring is 1. The number of hydrogen-bond donors (Lipinski definition) is 3. The molecule has 9 heteroatoms. The maximum atomic E-state index is 12.3. The molecule has 26 heavy (non-hydrogen) atoms. The molecule has 0 bridgehead atoms. The SMILES string of the molecule is CC(C)(C)C(=O)Nc1nc(CC(=O)Nc2cc3c(cc2N)OCO3)cs1. The minimum absolute atomic E-state index is 0.0652. The summed E-state index contributed by atoms with van der Waals surface area (Å²) >= 11 is 1.28. The first-order valence-corrected chi connectivity index (χ1v) is 8.85. The zero-order valence-corrected chi connectivity index (χ0v) is 15.5. The molecule has 3 rings (SSSR count). The van der Waals surface area contributed by atoms with Gasteiger partial charge in [-0.2, -0.15) is 0 Å². The molecule has 0 unspecified atom stereocenters. The molecule has 0 saturated carbocycles. The molecule has 1 aromatic carbocycles. The highest BCUT2D eigenvalue weighted by molar-refractivity contribution is 7.13. The third-order valence-corrected chi connectivity index (χ3v) is 4.42. The number of carbonyl (C=O) groups excluding carboxylic acids is 2. The molecule has 2 aromatic rings. The zero-order valence-electron chi connectivity index (χ0n) is 14.7. The number of nitrogens with zero attached hydrogens (tertiary/aromatic N) is 1. The van der Waals surface area contributed by atoms with Gasteiger partial charge < -0.3 is 25.8 Å². The highest BCUT2D eigenvalue weighted by Gasteiger charge is 2.22. The summed E-state index contributed by atoms with van der Waals surface area (Å²) in [5.74, 6) is 0.695. The number of rotatable bonds is 4. The minimum Gasteiger partial charge on any atom is -0.454 e. The lowest BCUT2D eigenvalue weighted by Crippen LogP contribution is -2.27. The van der Waals surface area contributed by atoms with Gasteiger partial charge in [-0.15, -0.1) is 11.3 Å². The molecule has 0 saturated heterocycles. The molecule has 2 heterocycles. The number of thiazole rings is 1. The van der Waals surface area contributed by atoms with E-state index in [9.17, 15) is 9.59 Å². The molecule has 4 N–H and O–H groups in total. The van der Waals surface area contributed by atoms with Crippen LogP contribution in [0.3, 0.4) is 0 Å². The van der Waals surface area contributed by atoms with Crippen molar-refractivity contribution in [2.24, 2.45) is 5.41 Å². The topological polar surface area (TPSA) is 116 Å². The number of benzene rings is 1. The van der Waals surface area contributed by atoms with Gasteiger partial charge in [0.05, 0.1) is 23.5 Å². The Bertz CT molecular complexity index is 857. The number of aromatic nitrogens is 1. The van der Waals surface area contributed by atoms with Crippen LogP contribution in [0.15, 0.2) is 17.5 Å². The molecule has 0 fully saturated rings. The number of ether oxygens (including phenoxy) is 2. The molecule has 0 spiro atoms. The van der Waals surface area contributed by atoms with Gasteiger partial charge in [0.2, 0.25) is 18.6 Å². The van der Waals surface area contributed by atoms with Crippen molar-refractivity contribution >= 4 is 39.7 Å². The number of nitrogens with one attached hydrogen (secondary N) is 2. The van der Waals surface area contributed by atoms with Gasteiger partial charge in [0.1, 0.15) is 0 Å². The molecule has 8 nitrogen and oxygen atoms in total. The molecule has 0 atom stereocenters. The monoisotopic (exact) mass is 376 g/mol. The van der Waals surface area contributed by atoms with Crippen molar-refractivity contribution in [2.75, 3.05) is 23.2 Å². The normalized spacial score (nSPS) is 12.7. The second kappa shape index (κ2) is 6.83. The van der Waals surface area contributed by atoms with Gasteiger partial charge in [-0.1, -0.05) is 20.8 Å². The summed E-state index contributed by atoms with van der Waals surface area (Å²) in [6.07, 6.45) is 0.0652. The smallest absolute Gasteiger partial charge is 0.231 e. The third-order valence-electron chi connectivity index (χ3n) is 3.61. The van der Waals surface area contributed by atoms with Crippen molar-refractivity contribution in [3.05, 3.63) is 23.2 Å². The lowest BCUT2D eigenvalue weighted by Gasteiger charge is -2.15. The van der Waals surface area contributed by atoms with Gasteiger partial charge in [-0.25, -0.2) is 4.98 Å². The fraction of sp³-hybridized carbons (Fsp3) is 0.353. The van der Waals surface area contributed by atoms with Crippen LogP contribution in [0.4, 0.5) is 16.5 Å². The molecule has 2 amide bonds. The van der Waals surface area contributed by atoms with Crippen LogP contribution in [0.25, 0.3) is 0 Å². The van der Waals surface area contributed by atoms with Crippen LogP contribution in [0.2, 0.25) is 0 Å². The first kappa shape index (κ1) is 18.0. The van der Waals surface area contributed by atoms with E-state index in [0.717, 1.165) is 0 Å². The van der Waals surface area contributed by atoms with E-state index in [1.807, 2.05) is 20.8 Å². The van der Waals surface area contributed by atoms with Crippen molar-refractivity contribution < 1.29 is 19.1 Å². The Balaban J connectivity index is 1.62. The average Bonchev–Trinajstić information content (AvgIpc) is 3.15. The Morgan fingerprint density at radius 2 is 1.92 bits per heavy atom. The van der Waals surface area contributed by atoms with Crippen molar-refractivity contribution in [2.45, 2.75) is 27.2 Å². The summed E-state index contributed by atoms with van der Waals surface area (Å²) in [6, 6.07) is 3.24. The lowest BCUT2D eigenvalue weighted by molar-refractivity contribution is -0.123. The van der Waals surface area contributed by atoms with Crippen LogP contribution in [0, 0.1) is 5.41 Å². The van der Waals surface area contributed by atoms with Crippen LogP contribution < -0.4 is 25.8 Å². The number of carbonyl (C=O) groups is 2. The molecule has 1 aliphatic heterocycles. The maximum Gasteiger partial charge on any atom is 0.231 e. The molecule has 1 aliphatic rings. The summed E-state index contributed by atoms with van der Waals surface area (Å²) in [7, 11) is 0. The van der Waals surface area contributed by atoms with E-state index in [-0.39, 0.29) is 25.0 Å². The molecule has 138 valence electrons. The average molecular weight is 376 g/mol. The van der Waals surface area contributed by atoms with Gasteiger partial charge in [0.15, 0.2) is 16.6 Å². The number of amides is 2. The number of nitrogens with two attached hydrogens (primary N) is 1. The Morgan fingerprint density at radius 1 is 1.23 bits per heavy atom. The van der Waals surface area contributed by atoms with Gasteiger partial charge in [-0.3, -0.25) is 9.59 Å². The number of anilines is 3. The fourth-order valence-corrected chi connectivity index (χ4v) is 2.86. The Kier molecular flexibility index (Phi) is 4.73. The van der Waals surface area contributed by atoms with Gasteiger partial charge in [-0.05, 0) is 0 Å². The standard InChI is InChI=1S/C17H20N4O4S/c1-17(2,3)15(23)21-16-19-9(7-26-16)4-14(22)20-11-6-13-12(5-10(11)18)24-8-25-13/h5-7H,4,8,18H2,1-3H3,(H,20,22)(H,19,21,23). The summed E-state index contributed by atoms with van der Waals surface area (Å²) in [5, 5.41) is 7.69. The molecular weight excluding hydrogens is 356 g/mol. The van der Waals surface area contributed by atoms with Crippen LogP contribution >= 0.6 is 11.3 Å². The summed E-state index contributed by atoms with van der Waals surface area (Å²) in [4.78, 5) is 28.5. The second-order valence-electron chi connectivity index (χ2n) is 6.87. The van der Waals surface area contributed by atoms with Gasteiger partial charge in [0.25, 0.3) is 0 Å². The first-order valence-electron chi connectivity index (χ1n) is 7.97. The summed E-state index contributed by atoms with van der Waals surface area (Å²) < 4.78 is 10.5. The highest BCUT2D eigenvalue weighted by atomic mass is 32.1. The minimum atomic E-state index is -0.514. The van der Waals surface area contributed by atoms with Crippen molar-refractivity contribution in [3.8, 4) is 11.5 Å². The number of hydrogen-bond acceptors (Lipinski definition) is 7. The zero-order chi connectivity index (χ0) is 18.9. The predicted octanol–water partition coefficient (Wildman–Crippen LogP) is 2.62. The fourth-order valence-electron chi connectivity index (χ4n) is 2.16. The van der Waals surface area contributed by atoms with Gasteiger partial charge in [0, 0.05) is 22.9 Å². The Morgan fingerprint density at radius 3 is 2.62 bits per heavy atom. The van der Waals surface area contributed by atoms with Crippen molar-refractivity contribution in [1.82, 2.24) is 4.98 Å². The van der Waals surface area contributed by atoms with Crippen LogP contribution in [-0.2, 0) is 16.0 Å². The van der Waals surface area contributed by atoms with Crippen LogP contribution in [-0.4, -0.2) is 23.6 Å². The van der Waals surface area contributed by atoms with Crippen LogP contribution in [0.5, 0.6) is 11.5 Å². The quantitative estimate of drug-likeness (QED) is 0.707. The number of fused-ring (bicyclic) bond motifs is 1. The Hall–Kier alpha value is -2.81. The molecule has 0 aliphatic carbocycles. The van der Waals surface area contributed by atoms with E-state index in [4.69, 9.17) is 15.2 Å². The van der Waals surface area contributed by atoms with Crippen molar-refractivity contribution in [1.29, 1.82) is 0 Å². The second-order valence-corrected chi connectivity index (χ2v) is 7.72. The van der Waals surface area contributed by atoms with E-state index < -0.39 is 5.41 Å². The summed E-state index contributed by atoms with van der Waals surface area (Å²) in [5.41, 5.74) is 6.82. The summed E-state index contributed by atoms with van der Waals surface area (Å²) in [6.45, 7) is 5.59. The third kappa shape index (κ3) is 4.05. The van der Waals surface area contributed by atoms with E-state index in [1.165, 1.54) is 11.3 Å². The lowest BCUT2D eigenvalue weighted by atomic mass is 9.96. The Labute approximate surface area is 154 Å². The molecular formula is C17H20N4O4S. The van der Waals surface area contributed by atoms with Gasteiger partial charge >= 0.3 is 0 Å². The molecule has 0 radical (unpaired) electrons. The van der Waals surface area contributed by atoms with Crippen LogP contribution in [0.1, 0.15) is 26.5 Å². The predicted molar refractivity (Wildman–Crippen MR) is 99.5 cm³/mol. The molecule has 1 aromatic heterocycles. The maximum absolute atomic E-state index is 12.3. The van der Waals surface area contributed by atoms with E-state index >= 15 is 0 Å². The van der Waals surface area contributed by atoms with Crippen molar-refractivity contribution in [3.63, 3.8) is 0 Å². The van der Waals surface area contributed by atoms with E-state index in [0.29, 0.717) is 33.7 Å². The largest absolute Gasteiger partial charge is 0.454 e. The highest BCUT2D eigenvalue weighted by Crippen LogP contribution is 2.38. The van der Waals surface area contributed by atoms with E-state index in [2.05, 4.69) is 15.6 Å².